The van der Waals surface area contributed by atoms with Gasteiger partial charge >= 0.3 is 0 Å². The van der Waals surface area contributed by atoms with Gasteiger partial charge in [-0.2, -0.15) is 0 Å². The van der Waals surface area contributed by atoms with E-state index in [0.29, 0.717) is 27.7 Å². The van der Waals surface area contributed by atoms with Crippen LogP contribution in [0.2, 0.25) is 5.02 Å². The Bertz CT molecular complexity index is 1400. The molecule has 2 aromatic heterocycles. The molecule has 3 aliphatic rings. The van der Waals surface area contributed by atoms with E-state index in [2.05, 4.69) is 61.7 Å². The molecule has 0 spiro atoms. The second-order valence-corrected chi connectivity index (χ2v) is 11.0. The lowest BCUT2D eigenvalue weighted by atomic mass is 9.87. The Morgan fingerprint density at radius 2 is 2.03 bits per heavy atom. The quantitative estimate of drug-likeness (QED) is 0.316. The zero-order valence-electron chi connectivity index (χ0n) is 22.2. The average molecular weight is 552 g/mol. The summed E-state index contributed by atoms with van der Waals surface area (Å²) < 4.78 is 5.79. The number of aromatic amines is 1. The normalized spacial score (nSPS) is 24.5. The molecule has 6 rings (SSSR count). The average Bonchev–Trinajstić information content (AvgIpc) is 3.68. The largest absolute Gasteiger partial charge is 0.496 e. The van der Waals surface area contributed by atoms with Crippen molar-refractivity contribution in [2.75, 3.05) is 63.7 Å². The van der Waals surface area contributed by atoms with Gasteiger partial charge in [-0.15, -0.1) is 0 Å². The molecule has 206 valence electrons. The molecule has 2 aliphatic carbocycles. The number of halogens is 1. The van der Waals surface area contributed by atoms with Gasteiger partial charge in [-0.25, -0.2) is 9.97 Å². The molecule has 39 heavy (non-hydrogen) atoms. The molecule has 10 nitrogen and oxygen atoms in total. The van der Waals surface area contributed by atoms with Gasteiger partial charge in [-0.3, -0.25) is 4.79 Å². The number of allylic oxidation sites excluding steroid dienone is 1. The molecule has 0 radical (unpaired) electrons. The number of likely N-dealkylation sites (N-methyl/N-ethyl adjacent to an activating group) is 1. The number of hydrogen-bond acceptors (Lipinski definition) is 8. The molecule has 11 heteroatoms. The lowest BCUT2D eigenvalue weighted by Gasteiger charge is -2.34. The van der Waals surface area contributed by atoms with E-state index < -0.39 is 0 Å². The van der Waals surface area contributed by atoms with E-state index in [0.717, 1.165) is 49.6 Å². The van der Waals surface area contributed by atoms with E-state index in [1.807, 2.05) is 6.07 Å². The number of aromatic nitrogens is 3. The second kappa shape index (κ2) is 10.7. The van der Waals surface area contributed by atoms with Gasteiger partial charge in [0.1, 0.15) is 17.1 Å². The van der Waals surface area contributed by atoms with Crippen LogP contribution in [0.15, 0.2) is 36.5 Å². The van der Waals surface area contributed by atoms with Crippen molar-refractivity contribution in [1.29, 1.82) is 0 Å². The molecular formula is C28H34ClN7O3. The monoisotopic (exact) mass is 551 g/mol. The number of carbonyl (C=O) groups is 1. The van der Waals surface area contributed by atoms with Crippen molar-refractivity contribution in [3.05, 3.63) is 41.6 Å². The first-order valence-corrected chi connectivity index (χ1v) is 13.8. The molecule has 1 saturated heterocycles. The molecule has 1 unspecified atom stereocenters. The van der Waals surface area contributed by atoms with Crippen LogP contribution in [0.5, 0.6) is 5.75 Å². The van der Waals surface area contributed by atoms with E-state index in [-0.39, 0.29) is 42.9 Å². The Kier molecular flexibility index (Phi) is 7.09. The van der Waals surface area contributed by atoms with Gasteiger partial charge in [0.25, 0.3) is 0 Å². The predicted molar refractivity (Wildman–Crippen MR) is 152 cm³/mol. The number of nitrogens with zero attached hydrogens (tertiary/aromatic N) is 4. The van der Waals surface area contributed by atoms with Crippen LogP contribution in [0, 0.1) is 17.8 Å². The first-order valence-electron chi connectivity index (χ1n) is 13.5. The van der Waals surface area contributed by atoms with Gasteiger partial charge < -0.3 is 35.3 Å². The minimum absolute atomic E-state index is 0.0599. The van der Waals surface area contributed by atoms with Crippen molar-refractivity contribution in [2.24, 2.45) is 17.8 Å². The fraction of sp³-hybridized carbons (Fsp3) is 0.464. The Labute approximate surface area is 232 Å². The number of imidazole rings is 1. The molecule has 1 saturated carbocycles. The standard InChI is InChI=1S/C28H34ClN7O3/c1-35-8-10-36(11-9-35)18-5-6-19(21(14-18)39-2)26-33-25-24(20(29)15-31-27(25)34-26)32-23-17-4-3-16(13-17)22(23)28(38)30-7-12-37/h3-6,14-17,22-23,37H,7-13H2,1-2H3,(H,30,38)(H2,31,32,33,34)/t16-,17+,22+,23?/m1/s1. The van der Waals surface area contributed by atoms with Crippen molar-refractivity contribution in [3.63, 3.8) is 0 Å². The van der Waals surface area contributed by atoms with E-state index in [1.54, 1.807) is 13.3 Å². The predicted octanol–water partition coefficient (Wildman–Crippen LogP) is 2.75. The molecule has 1 aliphatic heterocycles. The molecule has 3 aromatic rings. The van der Waals surface area contributed by atoms with Gasteiger partial charge in [0, 0.05) is 50.5 Å². The zero-order chi connectivity index (χ0) is 27.1. The third-order valence-corrected chi connectivity index (χ3v) is 8.55. The van der Waals surface area contributed by atoms with Crippen molar-refractivity contribution in [2.45, 2.75) is 12.5 Å². The van der Waals surface area contributed by atoms with Crippen LogP contribution < -0.4 is 20.3 Å². The summed E-state index contributed by atoms with van der Waals surface area (Å²) in [4.78, 5) is 30.3. The van der Waals surface area contributed by atoms with Crippen LogP contribution in [0.1, 0.15) is 6.42 Å². The molecule has 2 bridgehead atoms. The molecule has 1 aromatic carbocycles. The number of H-pyrrole nitrogens is 1. The van der Waals surface area contributed by atoms with Crippen LogP contribution >= 0.6 is 11.6 Å². The van der Waals surface area contributed by atoms with Gasteiger partial charge in [-0.05, 0) is 37.4 Å². The second-order valence-electron chi connectivity index (χ2n) is 10.6. The summed E-state index contributed by atoms with van der Waals surface area (Å²) in [6.45, 7) is 4.14. The number of piperazine rings is 1. The number of anilines is 2. The highest BCUT2D eigenvalue weighted by atomic mass is 35.5. The van der Waals surface area contributed by atoms with Crippen LogP contribution in [0.4, 0.5) is 11.4 Å². The highest BCUT2D eigenvalue weighted by molar-refractivity contribution is 6.34. The van der Waals surface area contributed by atoms with E-state index in [4.69, 9.17) is 21.3 Å². The molecule has 4 N–H and O–H groups in total. The number of pyridine rings is 1. The molecule has 1 amide bonds. The van der Waals surface area contributed by atoms with Gasteiger partial charge in [0.05, 0.1) is 42.1 Å². The highest BCUT2D eigenvalue weighted by Crippen LogP contribution is 2.46. The first kappa shape index (κ1) is 25.9. The minimum Gasteiger partial charge on any atom is -0.496 e. The third-order valence-electron chi connectivity index (χ3n) is 8.27. The van der Waals surface area contributed by atoms with Crippen molar-refractivity contribution in [3.8, 4) is 17.1 Å². The van der Waals surface area contributed by atoms with Crippen molar-refractivity contribution < 1.29 is 14.6 Å². The maximum atomic E-state index is 13.0. The maximum absolute atomic E-state index is 13.0. The summed E-state index contributed by atoms with van der Waals surface area (Å²) in [7, 11) is 3.81. The summed E-state index contributed by atoms with van der Waals surface area (Å²) >= 11 is 6.67. The third kappa shape index (κ3) is 4.81. The topological polar surface area (TPSA) is 119 Å². The van der Waals surface area contributed by atoms with Gasteiger partial charge in [-0.1, -0.05) is 23.8 Å². The fourth-order valence-electron chi connectivity index (χ4n) is 6.18. The van der Waals surface area contributed by atoms with Crippen LogP contribution in [0.3, 0.4) is 0 Å². The SMILES string of the molecule is COc1cc(N2CCN(C)CC2)ccc1-c1nc2ncc(Cl)c(NC3[C@@H](C(=O)NCCO)[C@@H]4C=C[C@H]3C4)c2[nH]1. The number of rotatable bonds is 8. The Morgan fingerprint density at radius 3 is 2.79 bits per heavy atom. The van der Waals surface area contributed by atoms with Crippen LogP contribution in [-0.4, -0.2) is 90.4 Å². The molecule has 3 heterocycles. The Balaban J connectivity index is 1.31. The summed E-state index contributed by atoms with van der Waals surface area (Å²) in [6, 6.07) is 6.06. The summed E-state index contributed by atoms with van der Waals surface area (Å²) in [6.07, 6.45) is 6.80. The van der Waals surface area contributed by atoms with Gasteiger partial charge in [0.15, 0.2) is 5.65 Å². The first-order chi connectivity index (χ1) is 19.0. The number of amides is 1. The number of carbonyl (C=O) groups excluding carboxylic acids is 1. The number of aliphatic hydroxyl groups is 1. The number of nitrogens with one attached hydrogen (secondary N) is 3. The smallest absolute Gasteiger partial charge is 0.225 e. The van der Waals surface area contributed by atoms with Crippen molar-refractivity contribution >= 4 is 40.0 Å². The molecular weight excluding hydrogens is 518 g/mol. The molecule has 4 atom stereocenters. The summed E-state index contributed by atoms with van der Waals surface area (Å²) in [5, 5.41) is 16.1. The van der Waals surface area contributed by atoms with E-state index in [9.17, 15) is 9.90 Å². The summed E-state index contributed by atoms with van der Waals surface area (Å²) in [5.74, 6) is 1.41. The van der Waals surface area contributed by atoms with Crippen LogP contribution in [-0.2, 0) is 4.79 Å². The van der Waals surface area contributed by atoms with E-state index in [1.165, 1.54) is 0 Å². The zero-order valence-corrected chi connectivity index (χ0v) is 22.9. The number of methoxy groups -OCH3 is 1. The minimum atomic E-state index is -0.254. The lowest BCUT2D eigenvalue weighted by Crippen LogP contribution is -2.44. The highest BCUT2D eigenvalue weighted by Gasteiger charge is 2.48. The summed E-state index contributed by atoms with van der Waals surface area (Å²) in [5.41, 5.74) is 3.85. The Morgan fingerprint density at radius 1 is 1.23 bits per heavy atom. The number of fused-ring (bicyclic) bond motifs is 3. The van der Waals surface area contributed by atoms with Crippen LogP contribution in [0.25, 0.3) is 22.6 Å². The number of aliphatic hydroxyl groups excluding tert-OH is 1. The Hall–Kier alpha value is -3.34. The molecule has 2 fully saturated rings. The maximum Gasteiger partial charge on any atom is 0.225 e. The fourth-order valence-corrected chi connectivity index (χ4v) is 6.38. The van der Waals surface area contributed by atoms with Gasteiger partial charge in [0.2, 0.25) is 5.91 Å². The van der Waals surface area contributed by atoms with Crippen molar-refractivity contribution in [1.82, 2.24) is 25.2 Å². The number of benzene rings is 1. The number of ether oxygens (including phenoxy) is 1. The van der Waals surface area contributed by atoms with E-state index >= 15 is 0 Å². The number of hydrogen-bond donors (Lipinski definition) is 4. The lowest BCUT2D eigenvalue weighted by molar-refractivity contribution is -0.126.